The van der Waals surface area contributed by atoms with Crippen LogP contribution in [0, 0.1) is 0 Å². The van der Waals surface area contributed by atoms with Crippen LogP contribution >= 0.6 is 0 Å². The maximum Gasteiger partial charge on any atom is 0.213 e. The highest BCUT2D eigenvalue weighted by Crippen LogP contribution is 2.17. The minimum Gasteiger partial charge on any atom is -0.478 e. The minimum absolute atomic E-state index is 0.158. The zero-order chi connectivity index (χ0) is 15.0. The van der Waals surface area contributed by atoms with E-state index in [1.54, 1.807) is 7.11 Å². The zero-order valence-electron chi connectivity index (χ0n) is 13.5. The molecule has 0 aliphatic heterocycles. The van der Waals surface area contributed by atoms with Gasteiger partial charge in [-0.1, -0.05) is 13.3 Å². The summed E-state index contributed by atoms with van der Waals surface area (Å²) in [4.78, 5) is 4.56. The summed E-state index contributed by atoms with van der Waals surface area (Å²) in [5.74, 6) is 0.716. The van der Waals surface area contributed by atoms with E-state index in [2.05, 4.69) is 37.1 Å². The van der Waals surface area contributed by atoms with Crippen molar-refractivity contribution in [3.05, 3.63) is 23.4 Å². The largest absolute Gasteiger partial charge is 0.478 e. The lowest BCUT2D eigenvalue weighted by atomic mass is 10.1. The SMILES string of the molecule is CCCc1cc(CNC)cc(OCCC(C)(C)OC)n1. The number of nitrogens with zero attached hydrogens (tertiary/aromatic N) is 1. The van der Waals surface area contributed by atoms with Crippen LogP contribution in [0.2, 0.25) is 0 Å². The molecule has 0 spiro atoms. The van der Waals surface area contributed by atoms with E-state index in [1.165, 1.54) is 5.56 Å². The minimum atomic E-state index is -0.158. The molecule has 0 bridgehead atoms. The van der Waals surface area contributed by atoms with Gasteiger partial charge < -0.3 is 14.8 Å². The van der Waals surface area contributed by atoms with Crippen LogP contribution in [0.1, 0.15) is 44.9 Å². The molecular weight excluding hydrogens is 252 g/mol. The summed E-state index contributed by atoms with van der Waals surface area (Å²) >= 11 is 0. The highest BCUT2D eigenvalue weighted by atomic mass is 16.5. The van der Waals surface area contributed by atoms with Crippen LogP contribution in [0.25, 0.3) is 0 Å². The van der Waals surface area contributed by atoms with Gasteiger partial charge >= 0.3 is 0 Å². The van der Waals surface area contributed by atoms with Crippen LogP contribution < -0.4 is 10.1 Å². The Hall–Kier alpha value is -1.13. The Bertz CT molecular complexity index is 381. The van der Waals surface area contributed by atoms with E-state index in [0.717, 1.165) is 31.5 Å². The predicted molar refractivity (Wildman–Crippen MR) is 82.2 cm³/mol. The van der Waals surface area contributed by atoms with Gasteiger partial charge in [0, 0.05) is 31.8 Å². The third-order valence-electron chi connectivity index (χ3n) is 3.31. The lowest BCUT2D eigenvalue weighted by Crippen LogP contribution is -2.25. The van der Waals surface area contributed by atoms with Crippen molar-refractivity contribution < 1.29 is 9.47 Å². The highest BCUT2D eigenvalue weighted by molar-refractivity contribution is 5.25. The summed E-state index contributed by atoms with van der Waals surface area (Å²) in [5.41, 5.74) is 2.16. The van der Waals surface area contributed by atoms with E-state index < -0.39 is 0 Å². The van der Waals surface area contributed by atoms with E-state index >= 15 is 0 Å². The van der Waals surface area contributed by atoms with Crippen molar-refractivity contribution in [3.63, 3.8) is 0 Å². The van der Waals surface area contributed by atoms with Crippen LogP contribution in [-0.2, 0) is 17.7 Å². The number of hydrogen-bond donors (Lipinski definition) is 1. The number of nitrogens with one attached hydrogen (secondary N) is 1. The molecule has 1 N–H and O–H groups in total. The first kappa shape index (κ1) is 16.9. The molecule has 0 fully saturated rings. The molecule has 0 aromatic carbocycles. The Labute approximate surface area is 122 Å². The Morgan fingerprint density at radius 3 is 2.65 bits per heavy atom. The van der Waals surface area contributed by atoms with Crippen molar-refractivity contribution in [3.8, 4) is 5.88 Å². The predicted octanol–water partition coefficient (Wildman–Crippen LogP) is 2.95. The molecule has 20 heavy (non-hydrogen) atoms. The second kappa shape index (κ2) is 8.22. The van der Waals surface area contributed by atoms with E-state index in [9.17, 15) is 0 Å². The average Bonchev–Trinajstić information content (AvgIpc) is 2.39. The molecule has 1 rings (SSSR count). The smallest absolute Gasteiger partial charge is 0.213 e. The highest BCUT2D eigenvalue weighted by Gasteiger charge is 2.16. The van der Waals surface area contributed by atoms with Gasteiger partial charge in [-0.3, -0.25) is 0 Å². The first-order chi connectivity index (χ1) is 9.50. The summed E-state index contributed by atoms with van der Waals surface area (Å²) < 4.78 is 11.2. The fourth-order valence-corrected chi connectivity index (χ4v) is 1.89. The molecule has 0 aliphatic carbocycles. The molecule has 0 atom stereocenters. The van der Waals surface area contributed by atoms with Gasteiger partial charge in [-0.25, -0.2) is 4.98 Å². The zero-order valence-corrected chi connectivity index (χ0v) is 13.5. The molecule has 4 heteroatoms. The second-order valence-electron chi connectivity index (χ2n) is 5.65. The molecule has 0 saturated heterocycles. The Morgan fingerprint density at radius 1 is 1.30 bits per heavy atom. The van der Waals surface area contributed by atoms with Gasteiger partial charge in [-0.2, -0.15) is 0 Å². The van der Waals surface area contributed by atoms with Gasteiger partial charge in [0.1, 0.15) is 0 Å². The second-order valence-corrected chi connectivity index (χ2v) is 5.65. The summed E-state index contributed by atoms with van der Waals surface area (Å²) in [7, 11) is 3.67. The fourth-order valence-electron chi connectivity index (χ4n) is 1.89. The summed E-state index contributed by atoms with van der Waals surface area (Å²) in [5, 5.41) is 3.17. The molecule has 0 unspecified atom stereocenters. The quantitative estimate of drug-likeness (QED) is 0.755. The molecule has 114 valence electrons. The molecule has 1 heterocycles. The molecule has 1 aromatic rings. The Morgan fingerprint density at radius 2 is 2.05 bits per heavy atom. The first-order valence-corrected chi connectivity index (χ1v) is 7.33. The van der Waals surface area contributed by atoms with Crippen molar-refractivity contribution in [1.82, 2.24) is 10.3 Å². The van der Waals surface area contributed by atoms with Gasteiger partial charge in [0.05, 0.1) is 12.2 Å². The Balaban J connectivity index is 2.67. The number of aromatic nitrogens is 1. The van der Waals surface area contributed by atoms with Crippen LogP contribution in [-0.4, -0.2) is 31.3 Å². The van der Waals surface area contributed by atoms with Crippen LogP contribution in [0.15, 0.2) is 12.1 Å². The molecule has 0 saturated carbocycles. The maximum atomic E-state index is 5.80. The van der Waals surface area contributed by atoms with Gasteiger partial charge in [0.25, 0.3) is 0 Å². The van der Waals surface area contributed by atoms with Crippen LogP contribution in [0.4, 0.5) is 0 Å². The summed E-state index contributed by atoms with van der Waals surface area (Å²) in [6.45, 7) is 7.73. The van der Waals surface area contributed by atoms with Crippen molar-refractivity contribution in [1.29, 1.82) is 0 Å². The molecule has 0 radical (unpaired) electrons. The van der Waals surface area contributed by atoms with Crippen molar-refractivity contribution in [2.24, 2.45) is 0 Å². The molecular formula is C16H28N2O2. The van der Waals surface area contributed by atoms with E-state index in [-0.39, 0.29) is 5.60 Å². The van der Waals surface area contributed by atoms with Gasteiger partial charge in [0.15, 0.2) is 0 Å². The monoisotopic (exact) mass is 280 g/mol. The molecule has 0 aliphatic rings. The lowest BCUT2D eigenvalue weighted by Gasteiger charge is -2.22. The average molecular weight is 280 g/mol. The topological polar surface area (TPSA) is 43.4 Å². The number of hydrogen-bond acceptors (Lipinski definition) is 4. The third kappa shape index (κ3) is 5.88. The molecule has 4 nitrogen and oxygen atoms in total. The standard InChI is InChI=1S/C16H28N2O2/c1-6-7-14-10-13(12-17-4)11-15(18-14)20-9-8-16(2,3)19-5/h10-11,17H,6-9,12H2,1-5H3. The van der Waals surface area contributed by atoms with Gasteiger partial charge in [-0.05, 0) is 38.9 Å². The molecule has 0 amide bonds. The number of pyridine rings is 1. The number of methoxy groups -OCH3 is 1. The summed E-state index contributed by atoms with van der Waals surface area (Å²) in [6, 6.07) is 4.15. The first-order valence-electron chi connectivity index (χ1n) is 7.33. The number of ether oxygens (including phenoxy) is 2. The Kier molecular flexibility index (Phi) is 6.96. The van der Waals surface area contributed by atoms with Crippen molar-refractivity contribution in [2.45, 2.75) is 52.2 Å². The van der Waals surface area contributed by atoms with Crippen molar-refractivity contribution >= 4 is 0 Å². The normalized spacial score (nSPS) is 11.7. The van der Waals surface area contributed by atoms with E-state index in [1.807, 2.05) is 13.1 Å². The number of aryl methyl sites for hydroxylation is 1. The van der Waals surface area contributed by atoms with E-state index in [0.29, 0.717) is 12.5 Å². The van der Waals surface area contributed by atoms with Crippen LogP contribution in [0.3, 0.4) is 0 Å². The summed E-state index contributed by atoms with van der Waals surface area (Å²) in [6.07, 6.45) is 2.91. The van der Waals surface area contributed by atoms with Gasteiger partial charge in [-0.15, -0.1) is 0 Å². The van der Waals surface area contributed by atoms with Crippen molar-refractivity contribution in [2.75, 3.05) is 20.8 Å². The third-order valence-corrected chi connectivity index (χ3v) is 3.31. The van der Waals surface area contributed by atoms with Crippen LogP contribution in [0.5, 0.6) is 5.88 Å². The molecule has 1 aromatic heterocycles. The lowest BCUT2D eigenvalue weighted by molar-refractivity contribution is 0.00507. The van der Waals surface area contributed by atoms with Gasteiger partial charge in [0.2, 0.25) is 5.88 Å². The maximum absolute atomic E-state index is 5.80. The number of rotatable bonds is 9. The fraction of sp³-hybridized carbons (Fsp3) is 0.688. The van der Waals surface area contributed by atoms with E-state index in [4.69, 9.17) is 9.47 Å².